The summed E-state index contributed by atoms with van der Waals surface area (Å²) >= 11 is 1.60. The molecule has 0 saturated carbocycles. The fraction of sp³-hybridized carbons (Fsp3) is 0.316. The van der Waals surface area contributed by atoms with Gasteiger partial charge in [0.15, 0.2) is 0 Å². The Morgan fingerprint density at radius 1 is 1.33 bits per heavy atom. The first-order valence-electron chi connectivity index (χ1n) is 8.05. The SMILES string of the molecule is CCc1cc2c(=O)n(Cc3cccc(C#N)c3)c(C(C)C)nc2s1. The molecule has 0 N–H and O–H groups in total. The van der Waals surface area contributed by atoms with E-state index in [9.17, 15) is 4.79 Å². The van der Waals surface area contributed by atoms with Crippen molar-refractivity contribution in [3.05, 3.63) is 62.5 Å². The number of fused-ring (bicyclic) bond motifs is 1. The minimum absolute atomic E-state index is 0.00186. The highest BCUT2D eigenvalue weighted by atomic mass is 32.1. The molecular weight excluding hydrogens is 318 g/mol. The number of hydrogen-bond acceptors (Lipinski definition) is 4. The average molecular weight is 337 g/mol. The minimum Gasteiger partial charge on any atom is -0.291 e. The van der Waals surface area contributed by atoms with Crippen molar-refractivity contribution in [2.24, 2.45) is 0 Å². The number of benzene rings is 1. The second kappa shape index (κ2) is 6.58. The molecular formula is C19H19N3OS. The quantitative estimate of drug-likeness (QED) is 0.721. The van der Waals surface area contributed by atoms with Gasteiger partial charge < -0.3 is 0 Å². The molecule has 0 fully saturated rings. The lowest BCUT2D eigenvalue weighted by atomic mass is 10.1. The summed E-state index contributed by atoms with van der Waals surface area (Å²) in [5.74, 6) is 0.938. The Bertz CT molecular complexity index is 992. The van der Waals surface area contributed by atoms with Gasteiger partial charge in [0.1, 0.15) is 10.7 Å². The number of nitrogens with zero attached hydrogens (tertiary/aromatic N) is 3. The Kier molecular flexibility index (Phi) is 4.50. The van der Waals surface area contributed by atoms with Crippen LogP contribution in [0.1, 0.15) is 48.5 Å². The first-order valence-corrected chi connectivity index (χ1v) is 8.87. The number of hydrogen-bond donors (Lipinski definition) is 0. The molecule has 0 aliphatic heterocycles. The lowest BCUT2D eigenvalue weighted by molar-refractivity contribution is 0.635. The van der Waals surface area contributed by atoms with E-state index in [4.69, 9.17) is 10.2 Å². The van der Waals surface area contributed by atoms with E-state index < -0.39 is 0 Å². The van der Waals surface area contributed by atoms with Crippen molar-refractivity contribution in [2.45, 2.75) is 39.7 Å². The number of rotatable bonds is 4. The lowest BCUT2D eigenvalue weighted by Crippen LogP contribution is -2.26. The fourth-order valence-electron chi connectivity index (χ4n) is 2.77. The first kappa shape index (κ1) is 16.4. The summed E-state index contributed by atoms with van der Waals surface area (Å²) in [6.07, 6.45) is 0.904. The summed E-state index contributed by atoms with van der Waals surface area (Å²) < 4.78 is 1.75. The Morgan fingerprint density at radius 3 is 2.79 bits per heavy atom. The molecule has 5 heteroatoms. The molecule has 0 atom stereocenters. The van der Waals surface area contributed by atoms with Crippen LogP contribution in [-0.2, 0) is 13.0 Å². The maximum absolute atomic E-state index is 13.0. The van der Waals surface area contributed by atoms with Crippen molar-refractivity contribution in [3.8, 4) is 6.07 Å². The molecule has 0 aliphatic rings. The molecule has 0 saturated heterocycles. The normalized spacial score (nSPS) is 11.1. The summed E-state index contributed by atoms with van der Waals surface area (Å²) in [7, 11) is 0. The van der Waals surface area contributed by atoms with E-state index in [1.54, 1.807) is 22.0 Å². The maximum atomic E-state index is 13.0. The summed E-state index contributed by atoms with van der Waals surface area (Å²) in [5, 5.41) is 9.76. The van der Waals surface area contributed by atoms with Gasteiger partial charge >= 0.3 is 0 Å². The number of aryl methyl sites for hydroxylation is 1. The zero-order valence-electron chi connectivity index (χ0n) is 14.0. The van der Waals surface area contributed by atoms with Gasteiger partial charge in [-0.05, 0) is 30.2 Å². The molecule has 122 valence electrons. The topological polar surface area (TPSA) is 58.7 Å². The van der Waals surface area contributed by atoms with Gasteiger partial charge in [0.2, 0.25) is 0 Å². The van der Waals surface area contributed by atoms with Crippen molar-refractivity contribution in [1.82, 2.24) is 9.55 Å². The van der Waals surface area contributed by atoms with E-state index in [-0.39, 0.29) is 11.5 Å². The highest BCUT2D eigenvalue weighted by Crippen LogP contribution is 2.24. The predicted molar refractivity (Wildman–Crippen MR) is 97.6 cm³/mol. The van der Waals surface area contributed by atoms with E-state index in [0.717, 1.165) is 22.6 Å². The van der Waals surface area contributed by atoms with Gasteiger partial charge in [-0.3, -0.25) is 9.36 Å². The van der Waals surface area contributed by atoms with Crippen LogP contribution in [0.15, 0.2) is 35.1 Å². The van der Waals surface area contributed by atoms with Crippen LogP contribution >= 0.6 is 11.3 Å². The van der Waals surface area contributed by atoms with Gasteiger partial charge in [-0.1, -0.05) is 32.9 Å². The molecule has 2 aromatic heterocycles. The molecule has 3 aromatic rings. The van der Waals surface area contributed by atoms with Gasteiger partial charge in [-0.25, -0.2) is 4.98 Å². The lowest BCUT2D eigenvalue weighted by Gasteiger charge is -2.15. The molecule has 0 unspecified atom stereocenters. The molecule has 0 amide bonds. The first-order chi connectivity index (χ1) is 11.5. The Balaban J connectivity index is 2.17. The molecule has 3 rings (SSSR count). The van der Waals surface area contributed by atoms with Crippen LogP contribution in [0.4, 0.5) is 0 Å². The standard InChI is InChI=1S/C19H19N3OS/c1-4-15-9-16-18(24-15)21-17(12(2)3)22(19(16)23)11-14-7-5-6-13(8-14)10-20/h5-9,12H,4,11H2,1-3H3. The summed E-state index contributed by atoms with van der Waals surface area (Å²) in [4.78, 5) is 19.8. The summed E-state index contributed by atoms with van der Waals surface area (Å²) in [6, 6.07) is 11.5. The minimum atomic E-state index is 0.00186. The van der Waals surface area contributed by atoms with Gasteiger partial charge in [0.25, 0.3) is 5.56 Å². The third kappa shape index (κ3) is 2.98. The molecule has 2 heterocycles. The Labute approximate surface area is 145 Å². The number of nitriles is 1. The van der Waals surface area contributed by atoms with E-state index in [0.29, 0.717) is 17.5 Å². The summed E-state index contributed by atoms with van der Waals surface area (Å²) in [6.45, 7) is 6.61. The van der Waals surface area contributed by atoms with Crippen molar-refractivity contribution in [3.63, 3.8) is 0 Å². The van der Waals surface area contributed by atoms with Gasteiger partial charge in [-0.2, -0.15) is 5.26 Å². The monoisotopic (exact) mass is 337 g/mol. The number of thiophene rings is 1. The number of aromatic nitrogens is 2. The van der Waals surface area contributed by atoms with Crippen LogP contribution < -0.4 is 5.56 Å². The van der Waals surface area contributed by atoms with Crippen LogP contribution in [0, 0.1) is 11.3 Å². The van der Waals surface area contributed by atoms with Gasteiger partial charge in [0, 0.05) is 10.8 Å². The average Bonchev–Trinajstić information content (AvgIpc) is 3.01. The van der Waals surface area contributed by atoms with Crippen LogP contribution in [0.3, 0.4) is 0 Å². The zero-order chi connectivity index (χ0) is 17.3. The second-order valence-electron chi connectivity index (χ2n) is 6.11. The van der Waals surface area contributed by atoms with Crippen molar-refractivity contribution >= 4 is 21.6 Å². The Morgan fingerprint density at radius 2 is 2.12 bits per heavy atom. The molecule has 0 bridgehead atoms. The zero-order valence-corrected chi connectivity index (χ0v) is 14.9. The largest absolute Gasteiger partial charge is 0.291 e. The second-order valence-corrected chi connectivity index (χ2v) is 7.23. The third-order valence-electron chi connectivity index (χ3n) is 3.99. The van der Waals surface area contributed by atoms with Gasteiger partial charge in [-0.15, -0.1) is 11.3 Å². The van der Waals surface area contributed by atoms with E-state index in [1.165, 1.54) is 4.88 Å². The Hall–Kier alpha value is -2.45. The molecule has 0 spiro atoms. The fourth-order valence-corrected chi connectivity index (χ4v) is 3.74. The molecule has 0 aliphatic carbocycles. The summed E-state index contributed by atoms with van der Waals surface area (Å²) in [5.41, 5.74) is 1.54. The maximum Gasteiger partial charge on any atom is 0.262 e. The highest BCUT2D eigenvalue weighted by Gasteiger charge is 2.16. The van der Waals surface area contributed by atoms with Gasteiger partial charge in [0.05, 0.1) is 23.6 Å². The van der Waals surface area contributed by atoms with Crippen molar-refractivity contribution < 1.29 is 0 Å². The van der Waals surface area contributed by atoms with Crippen LogP contribution in [-0.4, -0.2) is 9.55 Å². The molecule has 4 nitrogen and oxygen atoms in total. The molecule has 0 radical (unpaired) electrons. The van der Waals surface area contributed by atoms with E-state index >= 15 is 0 Å². The third-order valence-corrected chi connectivity index (χ3v) is 5.17. The van der Waals surface area contributed by atoms with Crippen molar-refractivity contribution in [1.29, 1.82) is 5.26 Å². The van der Waals surface area contributed by atoms with Crippen LogP contribution in [0.2, 0.25) is 0 Å². The molecule has 1 aromatic carbocycles. The van der Waals surface area contributed by atoms with Crippen LogP contribution in [0.25, 0.3) is 10.2 Å². The highest BCUT2D eigenvalue weighted by molar-refractivity contribution is 7.18. The predicted octanol–water partition coefficient (Wildman–Crippen LogP) is 4.06. The van der Waals surface area contributed by atoms with E-state index in [2.05, 4.69) is 13.0 Å². The molecule has 24 heavy (non-hydrogen) atoms. The van der Waals surface area contributed by atoms with E-state index in [1.807, 2.05) is 38.1 Å². The van der Waals surface area contributed by atoms with Crippen molar-refractivity contribution in [2.75, 3.05) is 0 Å². The van der Waals surface area contributed by atoms with Crippen LogP contribution in [0.5, 0.6) is 0 Å². The smallest absolute Gasteiger partial charge is 0.262 e.